The Kier molecular flexibility index (Phi) is 5.44. The van der Waals surface area contributed by atoms with Gasteiger partial charge in [0.2, 0.25) is 0 Å². The van der Waals surface area contributed by atoms with Crippen molar-refractivity contribution in [1.82, 2.24) is 20.0 Å². The summed E-state index contributed by atoms with van der Waals surface area (Å²) in [5.74, 6) is 1.35. The van der Waals surface area contributed by atoms with E-state index in [0.29, 0.717) is 23.9 Å². The normalized spacial score (nSPS) is 24.2. The molecule has 4 nitrogen and oxygen atoms in total. The summed E-state index contributed by atoms with van der Waals surface area (Å²) in [7, 11) is 2.07. The van der Waals surface area contributed by atoms with Crippen LogP contribution in [0, 0.1) is 11.8 Å². The van der Waals surface area contributed by atoms with Crippen LogP contribution in [0.1, 0.15) is 46.0 Å². The molecule has 0 aromatic carbocycles. The molecule has 2 heterocycles. The predicted octanol–water partition coefficient (Wildman–Crippen LogP) is 2.44. The average Bonchev–Trinajstić information content (AvgIpc) is 2.79. The molecular weight excluding hydrogens is 260 g/mol. The third-order valence-corrected chi connectivity index (χ3v) is 4.82. The van der Waals surface area contributed by atoms with Gasteiger partial charge in [-0.25, -0.2) is 0 Å². The van der Waals surface area contributed by atoms with Crippen LogP contribution in [0.4, 0.5) is 0 Å². The second-order valence-corrected chi connectivity index (χ2v) is 7.10. The zero-order chi connectivity index (χ0) is 15.6. The van der Waals surface area contributed by atoms with E-state index in [9.17, 15) is 0 Å². The van der Waals surface area contributed by atoms with E-state index >= 15 is 0 Å². The summed E-state index contributed by atoms with van der Waals surface area (Å²) in [6.45, 7) is 14.7. The monoisotopic (exact) mass is 292 g/mol. The van der Waals surface area contributed by atoms with Crippen LogP contribution in [-0.4, -0.2) is 39.9 Å². The highest BCUT2D eigenvalue weighted by molar-refractivity contribution is 5.10. The average molecular weight is 292 g/mol. The van der Waals surface area contributed by atoms with Gasteiger partial charge in [-0.05, 0) is 24.3 Å². The third kappa shape index (κ3) is 3.86. The quantitative estimate of drug-likeness (QED) is 0.905. The van der Waals surface area contributed by atoms with Crippen molar-refractivity contribution in [3.05, 3.63) is 17.5 Å². The van der Waals surface area contributed by atoms with Crippen molar-refractivity contribution < 1.29 is 0 Å². The Morgan fingerprint density at radius 2 is 2.00 bits per heavy atom. The molecule has 0 spiro atoms. The van der Waals surface area contributed by atoms with E-state index in [1.807, 2.05) is 0 Å². The highest BCUT2D eigenvalue weighted by Crippen LogP contribution is 2.21. The molecule has 0 bridgehead atoms. The molecule has 0 saturated carbocycles. The molecule has 21 heavy (non-hydrogen) atoms. The first kappa shape index (κ1) is 16.5. The lowest BCUT2D eigenvalue weighted by atomic mass is 9.94. The van der Waals surface area contributed by atoms with E-state index in [4.69, 9.17) is 0 Å². The minimum absolute atomic E-state index is 0.596. The number of hydrogen-bond acceptors (Lipinski definition) is 3. The van der Waals surface area contributed by atoms with Gasteiger partial charge >= 0.3 is 0 Å². The summed E-state index contributed by atoms with van der Waals surface area (Å²) in [6, 6.07) is 3.47. The summed E-state index contributed by atoms with van der Waals surface area (Å²) in [4.78, 5) is 2.66. The Balaban J connectivity index is 2.13. The molecule has 2 unspecified atom stereocenters. The summed E-state index contributed by atoms with van der Waals surface area (Å²) in [5, 5.41) is 8.33. The summed E-state index contributed by atoms with van der Waals surface area (Å²) >= 11 is 0. The molecular formula is C17H32N4. The number of piperazine rings is 1. The molecule has 120 valence electrons. The van der Waals surface area contributed by atoms with E-state index in [1.54, 1.807) is 0 Å². The fraction of sp³-hybridized carbons (Fsp3) is 0.824. The lowest BCUT2D eigenvalue weighted by Gasteiger charge is -2.43. The standard InChI is InChI=1S/C17H32N4/c1-7-14-8-15(20(6)19-14)10-21-11-16(12(2)3)18-9-17(21)13(4)5/h8,12-13,16-18H,7,9-11H2,1-6H3. The van der Waals surface area contributed by atoms with Crippen LogP contribution in [0.25, 0.3) is 0 Å². The van der Waals surface area contributed by atoms with E-state index in [1.165, 1.54) is 11.4 Å². The molecule has 1 aliphatic heterocycles. The lowest BCUT2D eigenvalue weighted by Crippen LogP contribution is -2.59. The first-order chi connectivity index (χ1) is 9.92. The molecule has 1 N–H and O–H groups in total. The molecule has 0 aliphatic carbocycles. The van der Waals surface area contributed by atoms with Crippen molar-refractivity contribution >= 4 is 0 Å². The fourth-order valence-corrected chi connectivity index (χ4v) is 3.24. The fourth-order valence-electron chi connectivity index (χ4n) is 3.24. The number of nitrogens with zero attached hydrogens (tertiary/aromatic N) is 3. The number of aromatic nitrogens is 2. The van der Waals surface area contributed by atoms with Crippen molar-refractivity contribution in [2.24, 2.45) is 18.9 Å². The van der Waals surface area contributed by atoms with Crippen molar-refractivity contribution in [2.75, 3.05) is 13.1 Å². The largest absolute Gasteiger partial charge is 0.311 e. The Hall–Kier alpha value is -0.870. The van der Waals surface area contributed by atoms with Gasteiger partial charge in [-0.15, -0.1) is 0 Å². The molecule has 1 saturated heterocycles. The highest BCUT2D eigenvalue weighted by atomic mass is 15.3. The lowest BCUT2D eigenvalue weighted by molar-refractivity contribution is 0.0761. The zero-order valence-corrected chi connectivity index (χ0v) is 14.6. The van der Waals surface area contributed by atoms with E-state index in [2.05, 4.69) is 67.7 Å². The number of nitrogens with one attached hydrogen (secondary N) is 1. The maximum Gasteiger partial charge on any atom is 0.0625 e. The summed E-state index contributed by atoms with van der Waals surface area (Å²) in [5.41, 5.74) is 2.53. The molecule has 1 aromatic rings. The smallest absolute Gasteiger partial charge is 0.0625 e. The van der Waals surface area contributed by atoms with Crippen LogP contribution in [0.3, 0.4) is 0 Å². The van der Waals surface area contributed by atoms with E-state index in [0.717, 1.165) is 26.1 Å². The molecule has 4 heteroatoms. The molecule has 0 amide bonds. The Morgan fingerprint density at radius 3 is 2.52 bits per heavy atom. The van der Waals surface area contributed by atoms with Gasteiger partial charge in [-0.2, -0.15) is 5.10 Å². The first-order valence-corrected chi connectivity index (χ1v) is 8.41. The number of rotatable bonds is 5. The predicted molar refractivity (Wildman–Crippen MR) is 88.3 cm³/mol. The van der Waals surface area contributed by atoms with E-state index < -0.39 is 0 Å². The highest BCUT2D eigenvalue weighted by Gasteiger charge is 2.31. The zero-order valence-electron chi connectivity index (χ0n) is 14.6. The van der Waals surface area contributed by atoms with Gasteiger partial charge in [-0.1, -0.05) is 34.6 Å². The van der Waals surface area contributed by atoms with Gasteiger partial charge < -0.3 is 5.32 Å². The maximum atomic E-state index is 4.59. The summed E-state index contributed by atoms with van der Waals surface area (Å²) < 4.78 is 2.06. The molecule has 1 fully saturated rings. The van der Waals surface area contributed by atoms with Gasteiger partial charge in [0, 0.05) is 38.8 Å². The third-order valence-electron chi connectivity index (χ3n) is 4.82. The molecule has 1 aromatic heterocycles. The van der Waals surface area contributed by atoms with E-state index in [-0.39, 0.29) is 0 Å². The molecule has 2 atom stereocenters. The van der Waals surface area contributed by atoms with Crippen molar-refractivity contribution in [3.8, 4) is 0 Å². The van der Waals surface area contributed by atoms with Crippen LogP contribution in [-0.2, 0) is 20.0 Å². The SMILES string of the molecule is CCc1cc(CN2CC(C(C)C)NCC2C(C)C)n(C)n1. The van der Waals surface area contributed by atoms with Crippen LogP contribution in [0.15, 0.2) is 6.07 Å². The summed E-state index contributed by atoms with van der Waals surface area (Å²) in [6.07, 6.45) is 1.01. The maximum absolute atomic E-state index is 4.59. The van der Waals surface area contributed by atoms with Crippen LogP contribution in [0.5, 0.6) is 0 Å². The van der Waals surface area contributed by atoms with Crippen molar-refractivity contribution in [1.29, 1.82) is 0 Å². The van der Waals surface area contributed by atoms with Crippen molar-refractivity contribution in [3.63, 3.8) is 0 Å². The Labute approximate surface area is 129 Å². The molecule has 1 aliphatic rings. The van der Waals surface area contributed by atoms with Crippen LogP contribution in [0.2, 0.25) is 0 Å². The minimum Gasteiger partial charge on any atom is -0.311 e. The molecule has 2 rings (SSSR count). The van der Waals surface area contributed by atoms with Crippen LogP contribution < -0.4 is 5.32 Å². The Bertz CT molecular complexity index is 450. The topological polar surface area (TPSA) is 33.1 Å². The number of hydrogen-bond donors (Lipinski definition) is 1. The van der Waals surface area contributed by atoms with Gasteiger partial charge in [0.15, 0.2) is 0 Å². The number of aryl methyl sites for hydroxylation is 2. The first-order valence-electron chi connectivity index (χ1n) is 8.41. The minimum atomic E-state index is 0.596. The van der Waals surface area contributed by atoms with Gasteiger partial charge in [-0.3, -0.25) is 9.58 Å². The molecule has 0 radical (unpaired) electrons. The van der Waals surface area contributed by atoms with Gasteiger partial charge in [0.1, 0.15) is 0 Å². The second-order valence-electron chi connectivity index (χ2n) is 7.10. The second kappa shape index (κ2) is 6.93. The Morgan fingerprint density at radius 1 is 1.29 bits per heavy atom. The van der Waals surface area contributed by atoms with Gasteiger partial charge in [0.25, 0.3) is 0 Å². The van der Waals surface area contributed by atoms with Crippen molar-refractivity contribution in [2.45, 2.75) is 59.7 Å². The van der Waals surface area contributed by atoms with Gasteiger partial charge in [0.05, 0.1) is 11.4 Å². The van der Waals surface area contributed by atoms with Crippen LogP contribution >= 0.6 is 0 Å².